The smallest absolute Gasteiger partial charge is 0.119 e. The van der Waals surface area contributed by atoms with E-state index in [1.807, 2.05) is 0 Å². The van der Waals surface area contributed by atoms with Crippen molar-refractivity contribution in [2.45, 2.75) is 32.1 Å². The van der Waals surface area contributed by atoms with Gasteiger partial charge in [-0.1, -0.05) is 54.4 Å². The molecular formula is C19H22O. The van der Waals surface area contributed by atoms with Crippen molar-refractivity contribution in [1.29, 1.82) is 0 Å². The van der Waals surface area contributed by atoms with Crippen LogP contribution in [0.4, 0.5) is 0 Å². The summed E-state index contributed by atoms with van der Waals surface area (Å²) in [5.41, 5.74) is 2.75. The van der Waals surface area contributed by atoms with Crippen molar-refractivity contribution < 1.29 is 4.74 Å². The highest BCUT2D eigenvalue weighted by Crippen LogP contribution is 2.39. The first-order valence-corrected chi connectivity index (χ1v) is 7.57. The third-order valence-corrected chi connectivity index (χ3v) is 4.37. The van der Waals surface area contributed by atoms with Crippen LogP contribution < -0.4 is 4.74 Å². The van der Waals surface area contributed by atoms with Crippen molar-refractivity contribution in [3.8, 4) is 5.75 Å². The molecule has 0 saturated heterocycles. The Hall–Kier alpha value is -1.76. The molecule has 1 aliphatic carbocycles. The minimum absolute atomic E-state index is 0.652. The first kappa shape index (κ1) is 13.2. The predicted molar refractivity (Wildman–Crippen MR) is 83.2 cm³/mol. The normalized spacial score (nSPS) is 21.9. The molecule has 1 heteroatoms. The zero-order valence-electron chi connectivity index (χ0n) is 12.1. The summed E-state index contributed by atoms with van der Waals surface area (Å²) in [6.45, 7) is 2.94. The van der Waals surface area contributed by atoms with Crippen LogP contribution in [0.1, 0.15) is 36.3 Å². The number of benzene rings is 2. The van der Waals surface area contributed by atoms with Crippen LogP contribution in [-0.4, -0.2) is 6.61 Å². The lowest BCUT2D eigenvalue weighted by atomic mass is 9.89. The summed E-state index contributed by atoms with van der Waals surface area (Å²) in [6, 6.07) is 19.3. The van der Waals surface area contributed by atoms with Crippen LogP contribution in [0.3, 0.4) is 0 Å². The quantitative estimate of drug-likeness (QED) is 0.760. The third-order valence-electron chi connectivity index (χ3n) is 4.37. The lowest BCUT2D eigenvalue weighted by Gasteiger charge is -2.20. The Bertz CT molecular complexity index is 529. The lowest BCUT2D eigenvalue weighted by Crippen LogP contribution is -2.15. The number of aryl methyl sites for hydroxylation is 1. The van der Waals surface area contributed by atoms with E-state index in [1.54, 1.807) is 0 Å². The second-order valence-electron chi connectivity index (χ2n) is 5.83. The Morgan fingerprint density at radius 1 is 0.950 bits per heavy atom. The molecule has 0 amide bonds. The van der Waals surface area contributed by atoms with Crippen LogP contribution in [-0.2, 0) is 0 Å². The molecule has 0 spiro atoms. The molecule has 20 heavy (non-hydrogen) atoms. The SMILES string of the molecule is Cc1ccc(OCC2CCCC2c2ccccc2)cc1. The van der Waals surface area contributed by atoms with E-state index in [9.17, 15) is 0 Å². The van der Waals surface area contributed by atoms with Crippen LogP contribution in [0.2, 0.25) is 0 Å². The summed E-state index contributed by atoms with van der Waals surface area (Å²) >= 11 is 0. The Morgan fingerprint density at radius 2 is 1.70 bits per heavy atom. The molecule has 1 nitrogen and oxygen atoms in total. The van der Waals surface area contributed by atoms with Crippen LogP contribution in [0, 0.1) is 12.8 Å². The van der Waals surface area contributed by atoms with Gasteiger partial charge in [0.1, 0.15) is 5.75 Å². The molecule has 3 rings (SSSR count). The maximum absolute atomic E-state index is 6.00. The summed E-state index contributed by atoms with van der Waals surface area (Å²) in [4.78, 5) is 0. The second kappa shape index (κ2) is 6.13. The molecule has 2 aromatic rings. The van der Waals surface area contributed by atoms with E-state index in [4.69, 9.17) is 4.74 Å². The van der Waals surface area contributed by atoms with Gasteiger partial charge in [-0.2, -0.15) is 0 Å². The first-order valence-electron chi connectivity index (χ1n) is 7.57. The lowest BCUT2D eigenvalue weighted by molar-refractivity contribution is 0.239. The summed E-state index contributed by atoms with van der Waals surface area (Å²) < 4.78 is 6.00. The van der Waals surface area contributed by atoms with Crippen LogP contribution in [0.5, 0.6) is 5.75 Å². The average molecular weight is 266 g/mol. The van der Waals surface area contributed by atoms with Crippen molar-refractivity contribution in [3.63, 3.8) is 0 Å². The maximum atomic E-state index is 6.00. The van der Waals surface area contributed by atoms with E-state index in [0.717, 1.165) is 12.4 Å². The fraction of sp³-hybridized carbons (Fsp3) is 0.368. The molecule has 104 valence electrons. The summed E-state index contributed by atoms with van der Waals surface area (Å²) in [5.74, 6) is 2.31. The average Bonchev–Trinajstić information content (AvgIpc) is 2.96. The van der Waals surface area contributed by atoms with Crippen LogP contribution in [0.15, 0.2) is 54.6 Å². The summed E-state index contributed by atoms with van der Waals surface area (Å²) in [5, 5.41) is 0. The molecule has 1 aliphatic rings. The first-order chi connectivity index (χ1) is 9.83. The van der Waals surface area contributed by atoms with Gasteiger partial charge in [0.05, 0.1) is 6.61 Å². The number of rotatable bonds is 4. The van der Waals surface area contributed by atoms with Gasteiger partial charge in [0.15, 0.2) is 0 Å². The zero-order valence-corrected chi connectivity index (χ0v) is 12.1. The minimum Gasteiger partial charge on any atom is -0.493 e. The van der Waals surface area contributed by atoms with Crippen LogP contribution >= 0.6 is 0 Å². The monoisotopic (exact) mass is 266 g/mol. The van der Waals surface area contributed by atoms with Crippen molar-refractivity contribution >= 4 is 0 Å². The Labute approximate surface area is 121 Å². The largest absolute Gasteiger partial charge is 0.493 e. The van der Waals surface area contributed by atoms with Gasteiger partial charge in [-0.05, 0) is 49.3 Å². The minimum atomic E-state index is 0.652. The van der Waals surface area contributed by atoms with Crippen molar-refractivity contribution in [2.75, 3.05) is 6.61 Å². The van der Waals surface area contributed by atoms with Gasteiger partial charge < -0.3 is 4.74 Å². The predicted octanol–water partition coefficient (Wildman–Crippen LogP) is 4.96. The molecular weight excluding hydrogens is 244 g/mol. The van der Waals surface area contributed by atoms with E-state index in [1.165, 1.54) is 30.4 Å². The molecule has 1 fully saturated rings. The molecule has 0 bridgehead atoms. The molecule has 0 aromatic heterocycles. The number of ether oxygens (including phenoxy) is 1. The van der Waals surface area contributed by atoms with E-state index < -0.39 is 0 Å². The van der Waals surface area contributed by atoms with E-state index >= 15 is 0 Å². The van der Waals surface area contributed by atoms with E-state index in [0.29, 0.717) is 11.8 Å². The van der Waals surface area contributed by atoms with Gasteiger partial charge in [-0.15, -0.1) is 0 Å². The summed E-state index contributed by atoms with van der Waals surface area (Å²) in [7, 11) is 0. The number of hydrogen-bond donors (Lipinski definition) is 0. The second-order valence-corrected chi connectivity index (χ2v) is 5.83. The Balaban J connectivity index is 1.63. The Morgan fingerprint density at radius 3 is 2.45 bits per heavy atom. The van der Waals surface area contributed by atoms with Gasteiger partial charge in [-0.25, -0.2) is 0 Å². The van der Waals surface area contributed by atoms with Crippen molar-refractivity contribution in [1.82, 2.24) is 0 Å². The standard InChI is InChI=1S/C19H22O/c1-15-10-12-18(13-11-15)20-14-17-8-5-9-19(17)16-6-3-2-4-7-16/h2-4,6-7,10-13,17,19H,5,8-9,14H2,1H3. The number of hydrogen-bond acceptors (Lipinski definition) is 1. The third kappa shape index (κ3) is 3.04. The van der Waals surface area contributed by atoms with Gasteiger partial charge >= 0.3 is 0 Å². The highest BCUT2D eigenvalue weighted by atomic mass is 16.5. The van der Waals surface area contributed by atoms with Gasteiger partial charge in [-0.3, -0.25) is 0 Å². The molecule has 0 heterocycles. The van der Waals surface area contributed by atoms with E-state index in [-0.39, 0.29) is 0 Å². The molecule has 2 unspecified atom stereocenters. The topological polar surface area (TPSA) is 9.23 Å². The molecule has 2 atom stereocenters. The fourth-order valence-corrected chi connectivity index (χ4v) is 3.21. The fourth-order valence-electron chi connectivity index (χ4n) is 3.21. The Kier molecular flexibility index (Phi) is 4.05. The molecule has 0 aliphatic heterocycles. The molecule has 0 N–H and O–H groups in total. The van der Waals surface area contributed by atoms with Gasteiger partial charge in [0.2, 0.25) is 0 Å². The molecule has 0 radical (unpaired) electrons. The van der Waals surface area contributed by atoms with Gasteiger partial charge in [0, 0.05) is 0 Å². The van der Waals surface area contributed by atoms with E-state index in [2.05, 4.69) is 61.5 Å². The highest BCUT2D eigenvalue weighted by molar-refractivity contribution is 5.26. The van der Waals surface area contributed by atoms with Crippen LogP contribution in [0.25, 0.3) is 0 Å². The zero-order chi connectivity index (χ0) is 13.8. The van der Waals surface area contributed by atoms with Crippen molar-refractivity contribution in [3.05, 3.63) is 65.7 Å². The van der Waals surface area contributed by atoms with Crippen molar-refractivity contribution in [2.24, 2.45) is 5.92 Å². The molecule has 2 aromatic carbocycles. The summed E-state index contributed by atoms with van der Waals surface area (Å²) in [6.07, 6.45) is 3.90. The maximum Gasteiger partial charge on any atom is 0.119 e. The highest BCUT2D eigenvalue weighted by Gasteiger charge is 2.28. The van der Waals surface area contributed by atoms with Gasteiger partial charge in [0.25, 0.3) is 0 Å². The molecule has 1 saturated carbocycles.